The van der Waals surface area contributed by atoms with E-state index in [9.17, 15) is 12.8 Å². The average molecular weight is 376 g/mol. The molecule has 0 saturated carbocycles. The molecular weight excluding hydrogens is 359 g/mol. The molecule has 3 aromatic rings. The van der Waals surface area contributed by atoms with Crippen LogP contribution in [-0.4, -0.2) is 13.4 Å². The van der Waals surface area contributed by atoms with Gasteiger partial charge in [-0.3, -0.25) is 4.72 Å². The Labute approximate surface area is 150 Å². The highest BCUT2D eigenvalue weighted by Gasteiger charge is 2.16. The summed E-state index contributed by atoms with van der Waals surface area (Å²) in [7, 11) is -3.68. The molecule has 0 bridgehead atoms. The number of sulfonamides is 1. The van der Waals surface area contributed by atoms with E-state index in [2.05, 4.69) is 16.6 Å². The molecule has 1 N–H and O–H groups in total. The van der Waals surface area contributed by atoms with E-state index in [4.69, 9.17) is 0 Å². The fraction of sp³-hybridized carbons (Fsp3) is 0.167. The molecule has 0 saturated heterocycles. The van der Waals surface area contributed by atoms with Gasteiger partial charge in [0.1, 0.15) is 5.82 Å². The van der Waals surface area contributed by atoms with E-state index in [1.54, 1.807) is 29.6 Å². The second-order valence-electron chi connectivity index (χ2n) is 5.54. The first-order valence-corrected chi connectivity index (χ1v) is 10.2. The van der Waals surface area contributed by atoms with Gasteiger partial charge in [0.2, 0.25) is 0 Å². The standard InChI is InChI=1S/C18H17FN2O2S2/c1-2-3-13-4-10-16(11-5-13)25(22,23)21-18-20-17(12-24-18)14-6-8-15(19)9-7-14/h4-12H,2-3H2,1H3,(H,20,21). The molecule has 0 amide bonds. The lowest BCUT2D eigenvalue weighted by molar-refractivity contribution is 0.601. The Kier molecular flexibility index (Phi) is 5.15. The fourth-order valence-corrected chi connectivity index (χ4v) is 4.34. The summed E-state index contributed by atoms with van der Waals surface area (Å²) in [5.74, 6) is -0.327. The van der Waals surface area contributed by atoms with Crippen molar-refractivity contribution in [3.05, 3.63) is 65.3 Å². The maximum Gasteiger partial charge on any atom is 0.263 e. The van der Waals surface area contributed by atoms with E-state index in [1.165, 1.54) is 23.5 Å². The summed E-state index contributed by atoms with van der Waals surface area (Å²) in [6.45, 7) is 2.08. The van der Waals surface area contributed by atoms with Crippen LogP contribution in [0, 0.1) is 5.82 Å². The van der Waals surface area contributed by atoms with Crippen molar-refractivity contribution >= 4 is 26.5 Å². The van der Waals surface area contributed by atoms with Crippen LogP contribution in [0.4, 0.5) is 9.52 Å². The molecule has 3 rings (SSSR count). The summed E-state index contributed by atoms with van der Waals surface area (Å²) in [6, 6.07) is 12.7. The van der Waals surface area contributed by atoms with Gasteiger partial charge in [0.25, 0.3) is 10.0 Å². The van der Waals surface area contributed by atoms with Gasteiger partial charge >= 0.3 is 0 Å². The van der Waals surface area contributed by atoms with E-state index in [1.807, 2.05) is 12.1 Å². The Morgan fingerprint density at radius 2 is 1.76 bits per heavy atom. The molecule has 0 fully saturated rings. The van der Waals surface area contributed by atoms with Gasteiger partial charge in [-0.25, -0.2) is 17.8 Å². The zero-order valence-corrected chi connectivity index (χ0v) is 15.2. The van der Waals surface area contributed by atoms with E-state index >= 15 is 0 Å². The number of anilines is 1. The lowest BCUT2D eigenvalue weighted by atomic mass is 10.1. The summed E-state index contributed by atoms with van der Waals surface area (Å²) >= 11 is 1.19. The monoisotopic (exact) mass is 376 g/mol. The number of rotatable bonds is 6. The highest BCUT2D eigenvalue weighted by molar-refractivity contribution is 7.93. The third kappa shape index (κ3) is 4.24. The number of halogens is 1. The van der Waals surface area contributed by atoms with Crippen LogP contribution in [0.25, 0.3) is 11.3 Å². The molecule has 0 unspecified atom stereocenters. The minimum atomic E-state index is -3.68. The summed E-state index contributed by atoms with van der Waals surface area (Å²) < 4.78 is 40.4. The lowest BCUT2D eigenvalue weighted by Crippen LogP contribution is -2.12. The molecule has 130 valence electrons. The van der Waals surface area contributed by atoms with Crippen LogP contribution in [0.5, 0.6) is 0 Å². The Morgan fingerprint density at radius 1 is 1.08 bits per heavy atom. The van der Waals surface area contributed by atoms with Crippen molar-refractivity contribution in [2.24, 2.45) is 0 Å². The first-order chi connectivity index (χ1) is 12.0. The number of benzene rings is 2. The highest BCUT2D eigenvalue weighted by Crippen LogP contribution is 2.26. The number of nitrogens with one attached hydrogen (secondary N) is 1. The molecule has 2 aromatic carbocycles. The van der Waals surface area contributed by atoms with Crippen molar-refractivity contribution in [2.45, 2.75) is 24.7 Å². The summed E-state index contributed by atoms with van der Waals surface area (Å²) in [6.07, 6.45) is 1.93. The number of hydrogen-bond acceptors (Lipinski definition) is 4. The van der Waals surface area contributed by atoms with Crippen molar-refractivity contribution in [1.29, 1.82) is 0 Å². The van der Waals surface area contributed by atoms with Crippen molar-refractivity contribution in [3.63, 3.8) is 0 Å². The SMILES string of the molecule is CCCc1ccc(S(=O)(=O)Nc2nc(-c3ccc(F)cc3)cs2)cc1. The largest absolute Gasteiger partial charge is 0.263 e. The van der Waals surface area contributed by atoms with Gasteiger partial charge < -0.3 is 0 Å². The van der Waals surface area contributed by atoms with Crippen LogP contribution < -0.4 is 4.72 Å². The second kappa shape index (κ2) is 7.33. The molecule has 0 aliphatic heterocycles. The van der Waals surface area contributed by atoms with E-state index in [0.717, 1.165) is 24.0 Å². The number of thiazole rings is 1. The van der Waals surface area contributed by atoms with Crippen molar-refractivity contribution in [1.82, 2.24) is 4.98 Å². The Bertz CT molecular complexity index is 950. The van der Waals surface area contributed by atoms with Gasteiger partial charge in [-0.1, -0.05) is 25.5 Å². The number of aryl methyl sites for hydroxylation is 1. The molecular formula is C18H17FN2O2S2. The topological polar surface area (TPSA) is 59.1 Å². The van der Waals surface area contributed by atoms with Gasteiger partial charge in [0, 0.05) is 10.9 Å². The van der Waals surface area contributed by atoms with E-state index in [0.29, 0.717) is 5.69 Å². The van der Waals surface area contributed by atoms with Crippen LogP contribution in [0.2, 0.25) is 0 Å². The minimum absolute atomic E-state index is 0.200. The zero-order valence-electron chi connectivity index (χ0n) is 13.6. The van der Waals surface area contributed by atoms with Crippen molar-refractivity contribution in [3.8, 4) is 11.3 Å². The molecule has 0 spiro atoms. The maximum absolute atomic E-state index is 13.0. The van der Waals surface area contributed by atoms with Gasteiger partial charge in [-0.05, 0) is 48.4 Å². The molecule has 0 aliphatic rings. The van der Waals surface area contributed by atoms with Gasteiger partial charge in [0.05, 0.1) is 10.6 Å². The molecule has 0 aliphatic carbocycles. The van der Waals surface area contributed by atoms with Crippen LogP contribution >= 0.6 is 11.3 Å². The smallest absolute Gasteiger partial charge is 0.255 e. The summed E-state index contributed by atoms with van der Waals surface area (Å²) in [5.41, 5.74) is 2.43. The number of aromatic nitrogens is 1. The molecule has 1 aromatic heterocycles. The fourth-order valence-electron chi connectivity index (χ4n) is 2.37. The molecule has 0 atom stereocenters. The van der Waals surface area contributed by atoms with Crippen molar-refractivity contribution in [2.75, 3.05) is 4.72 Å². The zero-order chi connectivity index (χ0) is 17.9. The molecule has 1 heterocycles. The number of hydrogen-bond donors (Lipinski definition) is 1. The summed E-state index contributed by atoms with van der Waals surface area (Å²) in [4.78, 5) is 4.47. The van der Waals surface area contributed by atoms with Crippen LogP contribution in [-0.2, 0) is 16.4 Å². The predicted molar refractivity (Wildman–Crippen MR) is 98.8 cm³/mol. The third-order valence-corrected chi connectivity index (χ3v) is 5.88. The Morgan fingerprint density at radius 3 is 2.40 bits per heavy atom. The molecule has 4 nitrogen and oxygen atoms in total. The van der Waals surface area contributed by atoms with E-state index < -0.39 is 10.0 Å². The Balaban J connectivity index is 1.78. The average Bonchev–Trinajstić information content (AvgIpc) is 3.04. The first-order valence-electron chi connectivity index (χ1n) is 7.81. The highest BCUT2D eigenvalue weighted by atomic mass is 32.2. The lowest BCUT2D eigenvalue weighted by Gasteiger charge is -2.06. The second-order valence-corrected chi connectivity index (χ2v) is 8.08. The molecule has 0 radical (unpaired) electrons. The molecule has 25 heavy (non-hydrogen) atoms. The van der Waals surface area contributed by atoms with Gasteiger partial charge in [0.15, 0.2) is 5.13 Å². The van der Waals surface area contributed by atoms with Crippen LogP contribution in [0.15, 0.2) is 58.8 Å². The summed E-state index contributed by atoms with van der Waals surface area (Å²) in [5, 5.41) is 2.01. The number of nitrogens with zero attached hydrogens (tertiary/aromatic N) is 1. The van der Waals surface area contributed by atoms with Crippen LogP contribution in [0.3, 0.4) is 0 Å². The minimum Gasteiger partial charge on any atom is -0.255 e. The van der Waals surface area contributed by atoms with Crippen LogP contribution in [0.1, 0.15) is 18.9 Å². The molecule has 7 heteroatoms. The quantitative estimate of drug-likeness (QED) is 0.678. The van der Waals surface area contributed by atoms with Gasteiger partial charge in [-0.15, -0.1) is 11.3 Å². The third-order valence-electron chi connectivity index (χ3n) is 3.64. The normalized spacial score (nSPS) is 11.4. The maximum atomic E-state index is 13.0. The first kappa shape index (κ1) is 17.6. The Hall–Kier alpha value is -2.25. The predicted octanol–water partition coefficient (Wildman–Crippen LogP) is 4.70. The van der Waals surface area contributed by atoms with Crippen molar-refractivity contribution < 1.29 is 12.8 Å². The van der Waals surface area contributed by atoms with E-state index in [-0.39, 0.29) is 15.8 Å². The van der Waals surface area contributed by atoms with Gasteiger partial charge in [-0.2, -0.15) is 0 Å².